The lowest BCUT2D eigenvalue weighted by molar-refractivity contribution is 1.16. The van der Waals surface area contributed by atoms with Gasteiger partial charge in [0.2, 0.25) is 0 Å². The molecule has 0 aliphatic carbocycles. The highest BCUT2D eigenvalue weighted by atomic mass is 32.1. The van der Waals surface area contributed by atoms with Gasteiger partial charge < -0.3 is 5.73 Å². The second kappa shape index (κ2) is 4.38. The standard InChI is InChI=1S/C13H12N2S/c1-2-10-12(15)11(8-14)16-13(10)9-6-4-3-5-7-9/h3-7H,2,15H2,1H3. The van der Waals surface area contributed by atoms with Crippen molar-refractivity contribution in [1.82, 2.24) is 0 Å². The number of thiophene rings is 1. The lowest BCUT2D eigenvalue weighted by atomic mass is 10.1. The zero-order chi connectivity index (χ0) is 11.5. The summed E-state index contributed by atoms with van der Waals surface area (Å²) in [5, 5.41) is 8.98. The van der Waals surface area contributed by atoms with Crippen molar-refractivity contribution in [2.24, 2.45) is 0 Å². The summed E-state index contributed by atoms with van der Waals surface area (Å²) in [7, 11) is 0. The molecule has 1 heterocycles. The van der Waals surface area contributed by atoms with Gasteiger partial charge in [0.05, 0.1) is 5.69 Å². The van der Waals surface area contributed by atoms with Crippen molar-refractivity contribution in [2.45, 2.75) is 13.3 Å². The van der Waals surface area contributed by atoms with Crippen molar-refractivity contribution in [2.75, 3.05) is 5.73 Å². The van der Waals surface area contributed by atoms with Gasteiger partial charge in [-0.3, -0.25) is 0 Å². The molecular weight excluding hydrogens is 216 g/mol. The normalized spacial score (nSPS) is 10.0. The molecule has 1 aromatic carbocycles. The van der Waals surface area contributed by atoms with Crippen LogP contribution in [0.2, 0.25) is 0 Å². The van der Waals surface area contributed by atoms with Crippen molar-refractivity contribution in [3.8, 4) is 16.5 Å². The number of anilines is 1. The predicted octanol–water partition coefficient (Wildman–Crippen LogP) is 3.43. The van der Waals surface area contributed by atoms with Crippen molar-refractivity contribution >= 4 is 17.0 Å². The molecule has 0 saturated heterocycles. The number of hydrogen-bond donors (Lipinski definition) is 1. The van der Waals surface area contributed by atoms with E-state index in [4.69, 9.17) is 11.0 Å². The Hall–Kier alpha value is -1.79. The number of rotatable bonds is 2. The number of nitrogen functional groups attached to an aromatic ring is 1. The molecule has 0 saturated carbocycles. The van der Waals surface area contributed by atoms with Gasteiger partial charge in [0.1, 0.15) is 10.9 Å². The number of nitrogens with zero attached hydrogens (tertiary/aromatic N) is 1. The molecule has 0 bridgehead atoms. The topological polar surface area (TPSA) is 49.8 Å². The Balaban J connectivity index is 2.62. The van der Waals surface area contributed by atoms with E-state index in [1.54, 1.807) is 0 Å². The van der Waals surface area contributed by atoms with Crippen LogP contribution in [0.5, 0.6) is 0 Å². The van der Waals surface area contributed by atoms with Crippen LogP contribution >= 0.6 is 11.3 Å². The van der Waals surface area contributed by atoms with Crippen molar-refractivity contribution in [3.05, 3.63) is 40.8 Å². The fourth-order valence-electron chi connectivity index (χ4n) is 1.73. The highest BCUT2D eigenvalue weighted by molar-refractivity contribution is 7.16. The first-order chi connectivity index (χ1) is 7.77. The Labute approximate surface area is 99.0 Å². The Bertz CT molecular complexity index is 535. The van der Waals surface area contributed by atoms with E-state index in [1.807, 2.05) is 30.3 Å². The highest BCUT2D eigenvalue weighted by Gasteiger charge is 2.15. The molecule has 0 fully saturated rings. The first kappa shape index (κ1) is 10.7. The van der Waals surface area contributed by atoms with Crippen LogP contribution in [0, 0.1) is 11.3 Å². The first-order valence-electron chi connectivity index (χ1n) is 5.14. The Morgan fingerprint density at radius 3 is 2.56 bits per heavy atom. The number of nitrogens with two attached hydrogens (primary N) is 1. The zero-order valence-electron chi connectivity index (χ0n) is 9.03. The average Bonchev–Trinajstić information content (AvgIpc) is 2.66. The summed E-state index contributed by atoms with van der Waals surface area (Å²) >= 11 is 1.48. The van der Waals surface area contributed by atoms with Crippen LogP contribution in [0.15, 0.2) is 30.3 Å². The molecule has 0 aliphatic rings. The second-order valence-electron chi connectivity index (χ2n) is 3.48. The van der Waals surface area contributed by atoms with E-state index in [-0.39, 0.29) is 0 Å². The average molecular weight is 228 g/mol. The van der Waals surface area contributed by atoms with E-state index < -0.39 is 0 Å². The molecule has 2 aromatic rings. The summed E-state index contributed by atoms with van der Waals surface area (Å²) in [6.07, 6.45) is 0.855. The predicted molar refractivity (Wildman–Crippen MR) is 68.3 cm³/mol. The first-order valence-corrected chi connectivity index (χ1v) is 5.96. The van der Waals surface area contributed by atoms with Crippen molar-refractivity contribution < 1.29 is 0 Å². The minimum absolute atomic E-state index is 0.621. The van der Waals surface area contributed by atoms with Gasteiger partial charge in [-0.05, 0) is 17.5 Å². The molecule has 0 spiro atoms. The van der Waals surface area contributed by atoms with Gasteiger partial charge in [0, 0.05) is 4.88 Å². The molecule has 80 valence electrons. The number of nitriles is 1. The van der Waals surface area contributed by atoms with Crippen LogP contribution in [-0.4, -0.2) is 0 Å². The molecule has 0 amide bonds. The fraction of sp³-hybridized carbons (Fsp3) is 0.154. The summed E-state index contributed by atoms with van der Waals surface area (Å²) in [5.41, 5.74) is 8.82. The minimum atomic E-state index is 0.621. The van der Waals surface area contributed by atoms with Gasteiger partial charge in [-0.2, -0.15) is 5.26 Å². The SMILES string of the molecule is CCc1c(-c2ccccc2)sc(C#N)c1N. The monoisotopic (exact) mass is 228 g/mol. The highest BCUT2D eigenvalue weighted by Crippen LogP contribution is 2.38. The molecule has 2 N–H and O–H groups in total. The Kier molecular flexibility index (Phi) is 2.93. The van der Waals surface area contributed by atoms with E-state index in [0.717, 1.165) is 22.4 Å². The van der Waals surface area contributed by atoms with E-state index in [1.165, 1.54) is 11.3 Å². The molecule has 1 aromatic heterocycles. The smallest absolute Gasteiger partial charge is 0.128 e. The van der Waals surface area contributed by atoms with E-state index in [2.05, 4.69) is 13.0 Å². The van der Waals surface area contributed by atoms with Crippen LogP contribution in [0.25, 0.3) is 10.4 Å². The molecule has 2 rings (SSSR count). The number of hydrogen-bond acceptors (Lipinski definition) is 3. The van der Waals surface area contributed by atoms with Gasteiger partial charge in [-0.25, -0.2) is 0 Å². The van der Waals surface area contributed by atoms with Crippen molar-refractivity contribution in [1.29, 1.82) is 5.26 Å². The van der Waals surface area contributed by atoms with Gasteiger partial charge in [0.15, 0.2) is 0 Å². The van der Waals surface area contributed by atoms with E-state index >= 15 is 0 Å². The van der Waals surface area contributed by atoms with E-state index in [9.17, 15) is 0 Å². The summed E-state index contributed by atoms with van der Waals surface area (Å²) < 4.78 is 0. The van der Waals surface area contributed by atoms with Crippen molar-refractivity contribution in [3.63, 3.8) is 0 Å². The van der Waals surface area contributed by atoms with Gasteiger partial charge in [-0.15, -0.1) is 11.3 Å². The molecule has 3 heteroatoms. The number of benzene rings is 1. The van der Waals surface area contributed by atoms with E-state index in [0.29, 0.717) is 10.6 Å². The van der Waals surface area contributed by atoms with Gasteiger partial charge in [-0.1, -0.05) is 37.3 Å². The maximum absolute atomic E-state index is 8.98. The molecule has 16 heavy (non-hydrogen) atoms. The Morgan fingerprint density at radius 1 is 1.31 bits per heavy atom. The lowest BCUT2D eigenvalue weighted by Crippen LogP contribution is -1.91. The second-order valence-corrected chi connectivity index (χ2v) is 4.50. The third kappa shape index (κ3) is 1.68. The molecule has 0 atom stereocenters. The zero-order valence-corrected chi connectivity index (χ0v) is 9.84. The summed E-state index contributed by atoms with van der Waals surface area (Å²) in [6, 6.07) is 12.2. The van der Waals surface area contributed by atoms with Crippen LogP contribution in [0.3, 0.4) is 0 Å². The van der Waals surface area contributed by atoms with Crippen LogP contribution < -0.4 is 5.73 Å². The third-order valence-electron chi connectivity index (χ3n) is 2.54. The third-order valence-corrected chi connectivity index (χ3v) is 3.74. The molecule has 0 unspecified atom stereocenters. The molecule has 0 aliphatic heterocycles. The largest absolute Gasteiger partial charge is 0.397 e. The lowest BCUT2D eigenvalue weighted by Gasteiger charge is -2.01. The molecular formula is C13H12N2S. The van der Waals surface area contributed by atoms with Crippen LogP contribution in [-0.2, 0) is 6.42 Å². The maximum Gasteiger partial charge on any atom is 0.128 e. The van der Waals surface area contributed by atoms with Gasteiger partial charge in [0.25, 0.3) is 0 Å². The molecule has 0 radical (unpaired) electrons. The maximum atomic E-state index is 8.98. The summed E-state index contributed by atoms with van der Waals surface area (Å²) in [6.45, 7) is 2.06. The minimum Gasteiger partial charge on any atom is -0.397 e. The fourth-order valence-corrected chi connectivity index (χ4v) is 2.85. The summed E-state index contributed by atoms with van der Waals surface area (Å²) in [4.78, 5) is 1.74. The summed E-state index contributed by atoms with van der Waals surface area (Å²) in [5.74, 6) is 0. The molecule has 2 nitrogen and oxygen atoms in total. The Morgan fingerprint density at radius 2 is 2.00 bits per heavy atom. The quantitative estimate of drug-likeness (QED) is 0.856. The van der Waals surface area contributed by atoms with Crippen LogP contribution in [0.1, 0.15) is 17.4 Å². The van der Waals surface area contributed by atoms with Gasteiger partial charge >= 0.3 is 0 Å². The van der Waals surface area contributed by atoms with Crippen LogP contribution in [0.4, 0.5) is 5.69 Å².